The summed E-state index contributed by atoms with van der Waals surface area (Å²) in [7, 11) is 0. The predicted molar refractivity (Wildman–Crippen MR) is 85.4 cm³/mol. The number of ether oxygens (including phenoxy) is 4. The van der Waals surface area contributed by atoms with Crippen LogP contribution in [0.1, 0.15) is 13.8 Å². The van der Waals surface area contributed by atoms with E-state index in [9.17, 15) is 4.79 Å². The maximum Gasteiger partial charge on any atom is 0.217 e. The zero-order valence-corrected chi connectivity index (χ0v) is 14.5. The predicted octanol–water partition coefficient (Wildman–Crippen LogP) is 1.01. The van der Waals surface area contributed by atoms with Crippen LogP contribution in [0.25, 0.3) is 0 Å². The third-order valence-corrected chi connectivity index (χ3v) is 2.44. The first-order valence-corrected chi connectivity index (χ1v) is 7.93. The minimum atomic E-state index is -0.00507. The molecule has 0 radical (unpaired) electrons. The quantitative estimate of drug-likeness (QED) is 0.250. The Morgan fingerprint density at radius 2 is 1.35 bits per heavy atom. The molecule has 0 aromatic rings. The molecule has 0 unspecified atom stereocenters. The SMILES string of the molecule is CC(C)NCCOCCOCCOCCOCC(=O)I. The average molecular weight is 403 g/mol. The molecule has 7 heteroatoms. The van der Waals surface area contributed by atoms with Gasteiger partial charge in [-0.15, -0.1) is 0 Å². The van der Waals surface area contributed by atoms with Gasteiger partial charge in [-0.1, -0.05) is 13.8 Å². The van der Waals surface area contributed by atoms with Crippen LogP contribution in [0.5, 0.6) is 0 Å². The lowest BCUT2D eigenvalue weighted by Crippen LogP contribution is -2.27. The molecule has 0 saturated carbocycles. The zero-order chi connectivity index (χ0) is 15.1. The lowest BCUT2D eigenvalue weighted by molar-refractivity contribution is -0.114. The van der Waals surface area contributed by atoms with Crippen molar-refractivity contribution in [2.45, 2.75) is 19.9 Å². The fourth-order valence-corrected chi connectivity index (χ4v) is 1.45. The molecule has 1 N–H and O–H groups in total. The van der Waals surface area contributed by atoms with E-state index >= 15 is 0 Å². The molecular formula is C13H26INO5. The highest BCUT2D eigenvalue weighted by Crippen LogP contribution is 1.87. The maximum atomic E-state index is 10.6. The normalized spacial score (nSPS) is 11.2. The van der Waals surface area contributed by atoms with Crippen LogP contribution in [0, 0.1) is 0 Å². The average Bonchev–Trinajstić information content (AvgIpc) is 2.38. The number of hydrogen-bond donors (Lipinski definition) is 1. The van der Waals surface area contributed by atoms with Crippen molar-refractivity contribution in [3.05, 3.63) is 0 Å². The van der Waals surface area contributed by atoms with Crippen LogP contribution in [0.2, 0.25) is 0 Å². The lowest BCUT2D eigenvalue weighted by atomic mass is 10.4. The van der Waals surface area contributed by atoms with Crippen LogP contribution in [-0.2, 0) is 23.7 Å². The Balaban J connectivity index is 2.97. The third-order valence-electron chi connectivity index (χ3n) is 2.13. The molecule has 120 valence electrons. The first-order valence-electron chi connectivity index (χ1n) is 6.85. The topological polar surface area (TPSA) is 66.0 Å². The number of carbonyl (C=O) groups excluding carboxylic acids is 1. The van der Waals surface area contributed by atoms with Gasteiger partial charge >= 0.3 is 0 Å². The summed E-state index contributed by atoms with van der Waals surface area (Å²) >= 11 is 1.70. The molecule has 0 aliphatic rings. The summed E-state index contributed by atoms with van der Waals surface area (Å²) in [5.74, 6) is 0. The zero-order valence-electron chi connectivity index (χ0n) is 12.4. The first kappa shape index (κ1) is 20.2. The van der Waals surface area contributed by atoms with Gasteiger partial charge in [0.15, 0.2) is 0 Å². The summed E-state index contributed by atoms with van der Waals surface area (Å²) in [6.07, 6.45) is 0. The fraction of sp³-hybridized carbons (Fsp3) is 0.923. The van der Waals surface area contributed by atoms with Gasteiger partial charge in [-0.3, -0.25) is 4.79 Å². The van der Waals surface area contributed by atoms with Gasteiger partial charge in [0, 0.05) is 35.2 Å². The second kappa shape index (κ2) is 15.6. The van der Waals surface area contributed by atoms with Crippen LogP contribution in [-0.4, -0.2) is 69.2 Å². The molecule has 0 aromatic heterocycles. The van der Waals surface area contributed by atoms with E-state index in [0.29, 0.717) is 52.3 Å². The van der Waals surface area contributed by atoms with Crippen LogP contribution < -0.4 is 5.32 Å². The molecule has 0 saturated heterocycles. The van der Waals surface area contributed by atoms with E-state index in [1.165, 1.54) is 0 Å². The molecule has 6 nitrogen and oxygen atoms in total. The molecule has 0 heterocycles. The van der Waals surface area contributed by atoms with Gasteiger partial charge in [0.25, 0.3) is 0 Å². The van der Waals surface area contributed by atoms with Crippen LogP contribution >= 0.6 is 22.6 Å². The molecule has 0 aliphatic heterocycles. The molecule has 0 fully saturated rings. The summed E-state index contributed by atoms with van der Waals surface area (Å²) in [6.45, 7) is 9.06. The second-order valence-corrected chi connectivity index (χ2v) is 5.56. The van der Waals surface area contributed by atoms with E-state index in [2.05, 4.69) is 19.2 Å². The summed E-state index contributed by atoms with van der Waals surface area (Å²) in [5.41, 5.74) is 0. The Morgan fingerprint density at radius 3 is 1.80 bits per heavy atom. The minimum absolute atomic E-state index is 0.00507. The van der Waals surface area contributed by atoms with Gasteiger partial charge in [-0.05, 0) is 0 Å². The summed E-state index contributed by atoms with van der Waals surface area (Å²) in [5, 5.41) is 3.27. The Labute approximate surface area is 135 Å². The standard InChI is InChI=1S/C13H26INO5/c1-12(2)15-3-4-17-5-6-18-7-8-19-9-10-20-11-13(14)16/h12,15H,3-11H2,1-2H3. The number of nitrogens with one attached hydrogen (secondary N) is 1. The number of halogens is 1. The van der Waals surface area contributed by atoms with Crippen molar-refractivity contribution in [2.75, 3.05) is 59.4 Å². The van der Waals surface area contributed by atoms with Crippen molar-refractivity contribution < 1.29 is 23.7 Å². The Kier molecular flexibility index (Phi) is 15.7. The van der Waals surface area contributed by atoms with Crippen molar-refractivity contribution in [3.63, 3.8) is 0 Å². The Morgan fingerprint density at radius 1 is 0.900 bits per heavy atom. The van der Waals surface area contributed by atoms with Gasteiger partial charge in [-0.25, -0.2) is 0 Å². The molecule has 0 bridgehead atoms. The smallest absolute Gasteiger partial charge is 0.217 e. The highest BCUT2D eigenvalue weighted by atomic mass is 127. The minimum Gasteiger partial charge on any atom is -0.378 e. The molecular weight excluding hydrogens is 377 g/mol. The van der Waals surface area contributed by atoms with Gasteiger partial charge in [0.2, 0.25) is 3.79 Å². The van der Waals surface area contributed by atoms with Crippen molar-refractivity contribution in [3.8, 4) is 0 Å². The molecule has 0 amide bonds. The van der Waals surface area contributed by atoms with Crippen LogP contribution in [0.15, 0.2) is 0 Å². The second-order valence-electron chi connectivity index (χ2n) is 4.35. The molecule has 0 spiro atoms. The molecule has 0 atom stereocenters. The van der Waals surface area contributed by atoms with E-state index < -0.39 is 0 Å². The van der Waals surface area contributed by atoms with Crippen molar-refractivity contribution in [1.82, 2.24) is 5.32 Å². The van der Waals surface area contributed by atoms with Crippen LogP contribution in [0.4, 0.5) is 0 Å². The number of carbonyl (C=O) groups is 1. The molecule has 0 aromatic carbocycles. The van der Waals surface area contributed by atoms with Crippen molar-refractivity contribution in [1.29, 1.82) is 0 Å². The molecule has 0 aliphatic carbocycles. The van der Waals surface area contributed by atoms with Crippen molar-refractivity contribution in [2.24, 2.45) is 0 Å². The van der Waals surface area contributed by atoms with E-state index in [-0.39, 0.29) is 10.4 Å². The van der Waals surface area contributed by atoms with E-state index in [1.54, 1.807) is 22.6 Å². The Hall–Kier alpha value is 0.200. The summed E-state index contributed by atoms with van der Waals surface area (Å²) in [4.78, 5) is 10.6. The highest BCUT2D eigenvalue weighted by molar-refractivity contribution is 14.1. The number of hydrogen-bond acceptors (Lipinski definition) is 6. The van der Waals surface area contributed by atoms with Crippen LogP contribution in [0.3, 0.4) is 0 Å². The maximum absolute atomic E-state index is 10.6. The third kappa shape index (κ3) is 18.2. The Bertz CT molecular complexity index is 229. The fourth-order valence-electron chi connectivity index (χ4n) is 1.23. The van der Waals surface area contributed by atoms with E-state index in [0.717, 1.165) is 6.54 Å². The molecule has 0 rings (SSSR count). The van der Waals surface area contributed by atoms with E-state index in [4.69, 9.17) is 18.9 Å². The summed E-state index contributed by atoms with van der Waals surface area (Å²) < 4.78 is 21.0. The van der Waals surface area contributed by atoms with Crippen molar-refractivity contribution >= 4 is 26.4 Å². The van der Waals surface area contributed by atoms with E-state index in [1.807, 2.05) is 0 Å². The first-order chi connectivity index (χ1) is 9.63. The van der Waals surface area contributed by atoms with Gasteiger partial charge in [-0.2, -0.15) is 0 Å². The largest absolute Gasteiger partial charge is 0.378 e. The van der Waals surface area contributed by atoms with Gasteiger partial charge < -0.3 is 24.3 Å². The monoisotopic (exact) mass is 403 g/mol. The van der Waals surface area contributed by atoms with Gasteiger partial charge in [0.05, 0.1) is 46.2 Å². The number of rotatable bonds is 15. The summed E-state index contributed by atoms with van der Waals surface area (Å²) in [6, 6.07) is 0.492. The van der Waals surface area contributed by atoms with Gasteiger partial charge in [0.1, 0.15) is 6.61 Å². The highest BCUT2D eigenvalue weighted by Gasteiger charge is 1.95. The lowest BCUT2D eigenvalue weighted by Gasteiger charge is -2.09. The molecule has 20 heavy (non-hydrogen) atoms.